The molecule has 0 radical (unpaired) electrons. The van der Waals surface area contributed by atoms with Crippen LogP contribution in [0.1, 0.15) is 25.3 Å². The van der Waals surface area contributed by atoms with E-state index < -0.39 is 0 Å². The van der Waals surface area contributed by atoms with Gasteiger partial charge in [-0.3, -0.25) is 4.79 Å². The first-order valence-corrected chi connectivity index (χ1v) is 5.17. The maximum atomic E-state index is 11.0. The summed E-state index contributed by atoms with van der Waals surface area (Å²) in [7, 11) is 0. The standard InChI is InChI=1S/C11H13ClN2O/c1-2-3-11(15)14-13-8-9-4-6-10(12)7-5-9/h4-8H,2-3H2,1H3,(H,14,15)/b13-8+. The Morgan fingerprint density at radius 1 is 1.47 bits per heavy atom. The number of carbonyl (C=O) groups is 1. The number of hydrogen-bond donors (Lipinski definition) is 1. The molecule has 0 aliphatic carbocycles. The Hall–Kier alpha value is -1.35. The first-order valence-electron chi connectivity index (χ1n) is 4.80. The van der Waals surface area contributed by atoms with E-state index in [1.807, 2.05) is 19.1 Å². The molecular weight excluding hydrogens is 212 g/mol. The molecule has 0 saturated carbocycles. The smallest absolute Gasteiger partial charge is 0.240 e. The van der Waals surface area contributed by atoms with Gasteiger partial charge in [0.25, 0.3) is 0 Å². The Morgan fingerprint density at radius 3 is 2.73 bits per heavy atom. The van der Waals surface area contributed by atoms with Crippen LogP contribution >= 0.6 is 11.6 Å². The Labute approximate surface area is 94.1 Å². The number of nitrogens with one attached hydrogen (secondary N) is 1. The van der Waals surface area contributed by atoms with Crippen molar-refractivity contribution in [1.29, 1.82) is 0 Å². The predicted molar refractivity (Wildman–Crippen MR) is 62.1 cm³/mol. The maximum Gasteiger partial charge on any atom is 0.240 e. The zero-order valence-corrected chi connectivity index (χ0v) is 9.29. The second-order valence-corrected chi connectivity index (χ2v) is 3.53. The van der Waals surface area contributed by atoms with Gasteiger partial charge in [-0.15, -0.1) is 0 Å². The third-order valence-electron chi connectivity index (χ3n) is 1.75. The van der Waals surface area contributed by atoms with Gasteiger partial charge in [-0.25, -0.2) is 5.43 Å². The van der Waals surface area contributed by atoms with Crippen LogP contribution in [0.4, 0.5) is 0 Å². The fourth-order valence-electron chi connectivity index (χ4n) is 1.01. The van der Waals surface area contributed by atoms with Crippen LogP contribution in [-0.4, -0.2) is 12.1 Å². The van der Waals surface area contributed by atoms with Crippen molar-refractivity contribution in [2.45, 2.75) is 19.8 Å². The summed E-state index contributed by atoms with van der Waals surface area (Å²) in [6.07, 6.45) is 2.91. The van der Waals surface area contributed by atoms with E-state index in [4.69, 9.17) is 11.6 Å². The highest BCUT2D eigenvalue weighted by Crippen LogP contribution is 2.07. The van der Waals surface area contributed by atoms with Crippen molar-refractivity contribution in [2.24, 2.45) is 5.10 Å². The Balaban J connectivity index is 2.44. The van der Waals surface area contributed by atoms with Crippen LogP contribution in [0, 0.1) is 0 Å². The molecule has 0 fully saturated rings. The normalized spacial score (nSPS) is 10.5. The quantitative estimate of drug-likeness (QED) is 0.620. The molecule has 1 aromatic carbocycles. The molecule has 1 rings (SSSR count). The van der Waals surface area contributed by atoms with Gasteiger partial charge in [-0.05, 0) is 24.1 Å². The number of amides is 1. The molecule has 1 amide bonds. The molecule has 80 valence electrons. The van der Waals surface area contributed by atoms with Crippen molar-refractivity contribution in [3.05, 3.63) is 34.9 Å². The van der Waals surface area contributed by atoms with Gasteiger partial charge in [0.2, 0.25) is 5.91 Å². The molecule has 0 aliphatic rings. The van der Waals surface area contributed by atoms with Crippen LogP contribution in [-0.2, 0) is 4.79 Å². The van der Waals surface area contributed by atoms with Crippen LogP contribution in [0.3, 0.4) is 0 Å². The molecule has 0 aliphatic heterocycles. The highest BCUT2D eigenvalue weighted by Gasteiger charge is 1.94. The van der Waals surface area contributed by atoms with E-state index in [0.717, 1.165) is 12.0 Å². The van der Waals surface area contributed by atoms with Crippen molar-refractivity contribution in [3.8, 4) is 0 Å². The highest BCUT2D eigenvalue weighted by atomic mass is 35.5. The summed E-state index contributed by atoms with van der Waals surface area (Å²) in [6.45, 7) is 1.95. The van der Waals surface area contributed by atoms with E-state index >= 15 is 0 Å². The van der Waals surface area contributed by atoms with E-state index in [0.29, 0.717) is 11.4 Å². The third kappa shape index (κ3) is 4.61. The number of carbonyl (C=O) groups excluding carboxylic acids is 1. The Morgan fingerprint density at radius 2 is 2.13 bits per heavy atom. The van der Waals surface area contributed by atoms with E-state index in [1.165, 1.54) is 0 Å². The Bertz CT molecular complexity index is 346. The lowest BCUT2D eigenvalue weighted by molar-refractivity contribution is -0.121. The van der Waals surface area contributed by atoms with Crippen molar-refractivity contribution < 1.29 is 4.79 Å². The molecule has 3 nitrogen and oxygen atoms in total. The second-order valence-electron chi connectivity index (χ2n) is 3.09. The summed E-state index contributed by atoms with van der Waals surface area (Å²) in [5.41, 5.74) is 3.34. The molecule has 0 heterocycles. The van der Waals surface area contributed by atoms with E-state index in [1.54, 1.807) is 18.3 Å². The minimum Gasteiger partial charge on any atom is -0.273 e. The molecule has 15 heavy (non-hydrogen) atoms. The summed E-state index contributed by atoms with van der Waals surface area (Å²) >= 11 is 5.72. The van der Waals surface area contributed by atoms with Gasteiger partial charge < -0.3 is 0 Å². The van der Waals surface area contributed by atoms with Crippen molar-refractivity contribution in [2.75, 3.05) is 0 Å². The number of hydrogen-bond acceptors (Lipinski definition) is 2. The van der Waals surface area contributed by atoms with Gasteiger partial charge >= 0.3 is 0 Å². The van der Waals surface area contributed by atoms with Crippen LogP contribution in [0.15, 0.2) is 29.4 Å². The summed E-state index contributed by atoms with van der Waals surface area (Å²) in [4.78, 5) is 11.0. The zero-order chi connectivity index (χ0) is 11.1. The molecule has 0 saturated heterocycles. The van der Waals surface area contributed by atoms with Gasteiger partial charge in [0.15, 0.2) is 0 Å². The van der Waals surface area contributed by atoms with Gasteiger partial charge in [-0.2, -0.15) is 5.10 Å². The van der Waals surface area contributed by atoms with Crippen molar-refractivity contribution >= 4 is 23.7 Å². The second kappa shape index (κ2) is 6.19. The lowest BCUT2D eigenvalue weighted by Crippen LogP contribution is -2.16. The van der Waals surface area contributed by atoms with E-state index in [9.17, 15) is 4.79 Å². The molecule has 0 aromatic heterocycles. The van der Waals surface area contributed by atoms with Gasteiger partial charge in [0, 0.05) is 11.4 Å². The van der Waals surface area contributed by atoms with Gasteiger partial charge in [0.1, 0.15) is 0 Å². The third-order valence-corrected chi connectivity index (χ3v) is 2.00. The van der Waals surface area contributed by atoms with Crippen molar-refractivity contribution in [3.63, 3.8) is 0 Å². The van der Waals surface area contributed by atoms with Crippen molar-refractivity contribution in [1.82, 2.24) is 5.43 Å². The maximum absolute atomic E-state index is 11.0. The predicted octanol–water partition coefficient (Wildman–Crippen LogP) is 2.59. The molecule has 0 bridgehead atoms. The summed E-state index contributed by atoms with van der Waals surface area (Å²) < 4.78 is 0. The minimum absolute atomic E-state index is 0.0669. The number of hydrazone groups is 1. The zero-order valence-electron chi connectivity index (χ0n) is 8.53. The highest BCUT2D eigenvalue weighted by molar-refractivity contribution is 6.30. The molecule has 0 atom stereocenters. The average Bonchev–Trinajstić information content (AvgIpc) is 2.21. The first-order chi connectivity index (χ1) is 7.22. The van der Waals surface area contributed by atoms with Crippen LogP contribution < -0.4 is 5.43 Å². The average molecular weight is 225 g/mol. The number of benzene rings is 1. The number of nitrogens with zero attached hydrogens (tertiary/aromatic N) is 1. The lowest BCUT2D eigenvalue weighted by Gasteiger charge is -1.96. The summed E-state index contributed by atoms with van der Waals surface area (Å²) in [6, 6.07) is 7.21. The molecular formula is C11H13ClN2O. The van der Waals surface area contributed by atoms with Gasteiger partial charge in [-0.1, -0.05) is 30.7 Å². The number of rotatable bonds is 4. The summed E-state index contributed by atoms with van der Waals surface area (Å²) in [5.74, 6) is -0.0669. The number of halogens is 1. The molecule has 1 N–H and O–H groups in total. The first kappa shape index (κ1) is 11.7. The topological polar surface area (TPSA) is 41.5 Å². The largest absolute Gasteiger partial charge is 0.273 e. The van der Waals surface area contributed by atoms with Crippen LogP contribution in [0.2, 0.25) is 5.02 Å². The van der Waals surface area contributed by atoms with E-state index in [-0.39, 0.29) is 5.91 Å². The summed E-state index contributed by atoms with van der Waals surface area (Å²) in [5, 5.41) is 4.50. The lowest BCUT2D eigenvalue weighted by atomic mass is 10.2. The fraction of sp³-hybridized carbons (Fsp3) is 0.273. The minimum atomic E-state index is -0.0669. The van der Waals surface area contributed by atoms with Gasteiger partial charge in [0.05, 0.1) is 6.21 Å². The molecule has 1 aromatic rings. The molecule has 0 spiro atoms. The molecule has 0 unspecified atom stereocenters. The van der Waals surface area contributed by atoms with Crippen LogP contribution in [0.25, 0.3) is 0 Å². The fourth-order valence-corrected chi connectivity index (χ4v) is 1.14. The van der Waals surface area contributed by atoms with Crippen LogP contribution in [0.5, 0.6) is 0 Å². The Kier molecular flexibility index (Phi) is 4.84. The monoisotopic (exact) mass is 224 g/mol. The van der Waals surface area contributed by atoms with E-state index in [2.05, 4.69) is 10.5 Å². The molecule has 4 heteroatoms. The SMILES string of the molecule is CCCC(=O)N/N=C/c1ccc(Cl)cc1.